The molecule has 3 heteroatoms. The molecule has 0 aromatic carbocycles. The molecule has 1 unspecified atom stereocenters. The Morgan fingerprint density at radius 1 is 1.56 bits per heavy atom. The third kappa shape index (κ3) is 1.46. The highest BCUT2D eigenvalue weighted by Crippen LogP contribution is 2.31. The van der Waals surface area contributed by atoms with E-state index in [9.17, 15) is 0 Å². The molecule has 1 aliphatic rings. The second kappa shape index (κ2) is 2.71. The molecule has 50 valence electrons. The Balaban J connectivity index is 2.35. The van der Waals surface area contributed by atoms with Crippen LogP contribution in [-0.2, 0) is 0 Å². The Morgan fingerprint density at radius 3 is 2.44 bits per heavy atom. The van der Waals surface area contributed by atoms with Crippen LogP contribution >= 0.6 is 0 Å². The van der Waals surface area contributed by atoms with Crippen LogP contribution in [0.3, 0.4) is 0 Å². The van der Waals surface area contributed by atoms with E-state index in [4.69, 9.17) is 18.7 Å². The monoisotopic (exact) mass is 125 g/mol. The molecule has 3 N–H and O–H groups in total. The van der Waals surface area contributed by atoms with Crippen LogP contribution in [0.2, 0.25) is 5.82 Å². The lowest BCUT2D eigenvalue weighted by atomic mass is 9.83. The Hall–Kier alpha value is -0.0151. The summed E-state index contributed by atoms with van der Waals surface area (Å²) in [5, 5.41) is 8.69. The predicted molar refractivity (Wildman–Crippen MR) is 37.3 cm³/mol. The number of hydrogen-bond donors (Lipinski definition) is 2. The topological polar surface area (TPSA) is 46.2 Å². The van der Waals surface area contributed by atoms with E-state index in [1.807, 2.05) is 0 Å². The van der Waals surface area contributed by atoms with Crippen LogP contribution in [0.1, 0.15) is 12.8 Å². The molecular weight excluding hydrogens is 113 g/mol. The molecule has 0 heterocycles. The maximum Gasteiger partial charge on any atom is 0.0720 e. The number of aliphatic hydroxyl groups is 1. The van der Waals surface area contributed by atoms with Crippen molar-refractivity contribution in [2.24, 2.45) is 11.7 Å². The van der Waals surface area contributed by atoms with Gasteiger partial charge in [-0.25, -0.2) is 0 Å². The summed E-state index contributed by atoms with van der Waals surface area (Å²) >= 11 is 0. The fourth-order valence-electron chi connectivity index (χ4n) is 1.36. The predicted octanol–water partition coefficient (Wildman–Crippen LogP) is -0.327. The summed E-state index contributed by atoms with van der Waals surface area (Å²) in [5.74, 6) is 0.470. The van der Waals surface area contributed by atoms with E-state index in [-0.39, 0.29) is 18.5 Å². The zero-order valence-electron chi connectivity index (χ0n) is 5.46. The Bertz CT molecular complexity index is 89.1. The lowest BCUT2D eigenvalue weighted by molar-refractivity contribution is 0.229. The van der Waals surface area contributed by atoms with Crippen LogP contribution < -0.4 is 5.73 Å². The van der Waals surface area contributed by atoms with Gasteiger partial charge in [0.1, 0.15) is 0 Å². The SMILES string of the molecule is [B]C1C[C@H](CO)C[C@H]1N. The molecule has 0 spiro atoms. The quantitative estimate of drug-likeness (QED) is 0.471. The van der Waals surface area contributed by atoms with Crippen LogP contribution in [0.4, 0.5) is 0 Å². The summed E-state index contributed by atoms with van der Waals surface area (Å²) in [6.07, 6.45) is 1.77. The third-order valence-electron chi connectivity index (χ3n) is 2.02. The van der Waals surface area contributed by atoms with Crippen molar-refractivity contribution in [3.63, 3.8) is 0 Å². The molecule has 1 saturated carbocycles. The first-order valence-electron chi connectivity index (χ1n) is 3.36. The van der Waals surface area contributed by atoms with Gasteiger partial charge in [0, 0.05) is 6.61 Å². The van der Waals surface area contributed by atoms with Crippen LogP contribution in [-0.4, -0.2) is 25.6 Å². The Morgan fingerprint density at radius 2 is 2.22 bits per heavy atom. The maximum atomic E-state index is 8.69. The molecule has 0 aliphatic heterocycles. The minimum Gasteiger partial charge on any atom is -0.396 e. The van der Waals surface area contributed by atoms with Crippen LogP contribution in [0, 0.1) is 5.92 Å². The van der Waals surface area contributed by atoms with Crippen molar-refractivity contribution in [3.8, 4) is 0 Å². The molecule has 3 atom stereocenters. The van der Waals surface area contributed by atoms with E-state index in [1.54, 1.807) is 0 Å². The molecule has 9 heavy (non-hydrogen) atoms. The number of aliphatic hydroxyl groups excluding tert-OH is 1. The minimum absolute atomic E-state index is 0.113. The zero-order valence-corrected chi connectivity index (χ0v) is 5.46. The number of rotatable bonds is 1. The van der Waals surface area contributed by atoms with E-state index in [1.165, 1.54) is 0 Å². The highest BCUT2D eigenvalue weighted by Gasteiger charge is 2.26. The van der Waals surface area contributed by atoms with Gasteiger partial charge in [-0.05, 0) is 18.4 Å². The lowest BCUT2D eigenvalue weighted by Gasteiger charge is -2.05. The first kappa shape index (κ1) is 7.10. The minimum atomic E-state index is 0.113. The number of nitrogens with two attached hydrogens (primary N) is 1. The summed E-state index contributed by atoms with van der Waals surface area (Å²) in [4.78, 5) is 0. The number of hydrogen-bond acceptors (Lipinski definition) is 2. The summed E-state index contributed by atoms with van der Waals surface area (Å²) in [5.41, 5.74) is 5.61. The molecule has 1 fully saturated rings. The van der Waals surface area contributed by atoms with Crippen molar-refractivity contribution in [1.82, 2.24) is 0 Å². The molecule has 2 nitrogen and oxygen atoms in total. The van der Waals surface area contributed by atoms with Gasteiger partial charge in [0.05, 0.1) is 7.85 Å². The Labute approximate surface area is 56.8 Å². The van der Waals surface area contributed by atoms with Gasteiger partial charge in [-0.3, -0.25) is 0 Å². The van der Waals surface area contributed by atoms with E-state index >= 15 is 0 Å². The standard InChI is InChI=1S/C6H12BNO/c7-5-1-4(3-9)2-6(5)8/h4-6,9H,1-3,8H2/t4-,5?,6+/m0/s1. The molecule has 1 aliphatic carbocycles. The molecule has 0 bridgehead atoms. The van der Waals surface area contributed by atoms with Crippen molar-refractivity contribution in [3.05, 3.63) is 0 Å². The fraction of sp³-hybridized carbons (Fsp3) is 1.00. The molecule has 0 aromatic rings. The van der Waals surface area contributed by atoms with E-state index in [0.29, 0.717) is 5.92 Å². The molecule has 1 rings (SSSR count). The van der Waals surface area contributed by atoms with Gasteiger partial charge >= 0.3 is 0 Å². The average molecular weight is 125 g/mol. The van der Waals surface area contributed by atoms with Gasteiger partial charge in [-0.15, -0.1) is 0 Å². The molecule has 2 radical (unpaired) electrons. The summed E-state index contributed by atoms with van der Waals surface area (Å²) in [7, 11) is 5.61. The zero-order chi connectivity index (χ0) is 6.85. The van der Waals surface area contributed by atoms with Crippen molar-refractivity contribution >= 4 is 7.85 Å². The Kier molecular flexibility index (Phi) is 2.14. The van der Waals surface area contributed by atoms with Crippen molar-refractivity contribution < 1.29 is 5.11 Å². The molecule has 0 saturated heterocycles. The summed E-state index contributed by atoms with van der Waals surface area (Å²) in [6.45, 7) is 0.238. The smallest absolute Gasteiger partial charge is 0.0720 e. The highest BCUT2D eigenvalue weighted by atomic mass is 16.3. The van der Waals surface area contributed by atoms with Crippen molar-refractivity contribution in [2.75, 3.05) is 6.61 Å². The maximum absolute atomic E-state index is 8.69. The van der Waals surface area contributed by atoms with Gasteiger partial charge in [-0.1, -0.05) is 12.2 Å². The first-order valence-corrected chi connectivity index (χ1v) is 3.36. The second-order valence-electron chi connectivity index (χ2n) is 2.85. The van der Waals surface area contributed by atoms with Gasteiger partial charge < -0.3 is 10.8 Å². The van der Waals surface area contributed by atoms with Gasteiger partial charge in [0.15, 0.2) is 0 Å². The van der Waals surface area contributed by atoms with Crippen molar-refractivity contribution in [2.45, 2.75) is 24.7 Å². The normalized spacial score (nSPS) is 43.6. The van der Waals surface area contributed by atoms with Gasteiger partial charge in [0.2, 0.25) is 0 Å². The highest BCUT2D eigenvalue weighted by molar-refractivity contribution is 6.12. The van der Waals surface area contributed by atoms with Crippen LogP contribution in [0.5, 0.6) is 0 Å². The van der Waals surface area contributed by atoms with Gasteiger partial charge in [0.25, 0.3) is 0 Å². The van der Waals surface area contributed by atoms with E-state index < -0.39 is 0 Å². The third-order valence-corrected chi connectivity index (χ3v) is 2.02. The molecule has 0 aromatic heterocycles. The average Bonchev–Trinajstić information content (AvgIpc) is 2.13. The summed E-state index contributed by atoms with van der Waals surface area (Å²) in [6, 6.07) is 0.113. The first-order chi connectivity index (χ1) is 4.24. The summed E-state index contributed by atoms with van der Waals surface area (Å²) < 4.78 is 0. The fourth-order valence-corrected chi connectivity index (χ4v) is 1.36. The van der Waals surface area contributed by atoms with Crippen LogP contribution in [0.25, 0.3) is 0 Å². The van der Waals surface area contributed by atoms with Crippen molar-refractivity contribution in [1.29, 1.82) is 0 Å². The largest absolute Gasteiger partial charge is 0.396 e. The van der Waals surface area contributed by atoms with Crippen LogP contribution in [0.15, 0.2) is 0 Å². The van der Waals surface area contributed by atoms with E-state index in [0.717, 1.165) is 12.8 Å². The lowest BCUT2D eigenvalue weighted by Crippen LogP contribution is -2.20. The van der Waals surface area contributed by atoms with Gasteiger partial charge in [-0.2, -0.15) is 0 Å². The second-order valence-corrected chi connectivity index (χ2v) is 2.85. The molecular formula is C6H12BNO. The molecule has 0 amide bonds. The van der Waals surface area contributed by atoms with E-state index in [2.05, 4.69) is 0 Å².